The number of aromatic hydroxyl groups is 1. The van der Waals surface area contributed by atoms with Crippen LogP contribution in [0.1, 0.15) is 31.3 Å². The molecule has 13 heavy (non-hydrogen) atoms. The molecule has 1 rings (SSSR count). The number of aromatic nitrogens is 1. The molecule has 0 atom stereocenters. The Balaban J connectivity index is 2.70. The first-order valence-electron chi connectivity index (χ1n) is 4.00. The third-order valence-corrected chi connectivity index (χ3v) is 1.29. The molecular weight excluding hydrogens is 170 g/mol. The maximum Gasteiger partial charge on any atom is 0.355 e. The second-order valence-electron chi connectivity index (χ2n) is 3.76. The van der Waals surface area contributed by atoms with Crippen LogP contribution in [0.5, 0.6) is 5.88 Å². The Labute approximate surface area is 76.5 Å². The SMILES string of the molecule is CC(C)(C)OC(=O)c1ccc(O)[nH]1. The standard InChI is InChI=1S/C9H13NO3/c1-9(2,3)13-8(12)6-4-5-7(11)10-6/h4-5,10-11H,1-3H3. The molecule has 0 aliphatic heterocycles. The zero-order valence-corrected chi connectivity index (χ0v) is 7.92. The predicted octanol–water partition coefficient (Wildman–Crippen LogP) is 1.68. The van der Waals surface area contributed by atoms with E-state index in [4.69, 9.17) is 9.84 Å². The van der Waals surface area contributed by atoms with Crippen LogP contribution in [0.3, 0.4) is 0 Å². The van der Waals surface area contributed by atoms with E-state index in [0.29, 0.717) is 0 Å². The van der Waals surface area contributed by atoms with Crippen molar-refractivity contribution in [2.45, 2.75) is 26.4 Å². The van der Waals surface area contributed by atoms with Gasteiger partial charge in [-0.3, -0.25) is 0 Å². The van der Waals surface area contributed by atoms with Gasteiger partial charge < -0.3 is 14.8 Å². The molecule has 1 aromatic heterocycles. The fourth-order valence-electron chi connectivity index (χ4n) is 0.836. The topological polar surface area (TPSA) is 62.3 Å². The van der Waals surface area contributed by atoms with Crippen LogP contribution in [0.2, 0.25) is 0 Å². The van der Waals surface area contributed by atoms with Crippen molar-refractivity contribution in [3.05, 3.63) is 17.8 Å². The van der Waals surface area contributed by atoms with Gasteiger partial charge in [0, 0.05) is 6.07 Å². The number of ether oxygens (including phenoxy) is 1. The van der Waals surface area contributed by atoms with Crippen molar-refractivity contribution in [3.8, 4) is 5.88 Å². The molecule has 4 heteroatoms. The lowest BCUT2D eigenvalue weighted by molar-refractivity contribution is 0.00630. The van der Waals surface area contributed by atoms with Gasteiger partial charge in [0.05, 0.1) is 0 Å². The Morgan fingerprint density at radius 3 is 2.46 bits per heavy atom. The highest BCUT2D eigenvalue weighted by molar-refractivity contribution is 5.87. The Bertz CT molecular complexity index is 309. The molecule has 0 aliphatic rings. The lowest BCUT2D eigenvalue weighted by Gasteiger charge is -2.18. The Morgan fingerprint density at radius 2 is 2.08 bits per heavy atom. The minimum atomic E-state index is -0.516. The summed E-state index contributed by atoms with van der Waals surface area (Å²) in [6.07, 6.45) is 0. The molecular formula is C9H13NO3. The normalized spacial score (nSPS) is 11.3. The van der Waals surface area contributed by atoms with Gasteiger partial charge in [0.25, 0.3) is 0 Å². The van der Waals surface area contributed by atoms with Gasteiger partial charge in [-0.25, -0.2) is 4.79 Å². The summed E-state index contributed by atoms with van der Waals surface area (Å²) in [5, 5.41) is 8.94. The molecule has 72 valence electrons. The highest BCUT2D eigenvalue weighted by atomic mass is 16.6. The molecule has 0 fully saturated rings. The van der Waals surface area contributed by atoms with Crippen molar-refractivity contribution in [1.29, 1.82) is 0 Å². The second kappa shape index (κ2) is 3.12. The zero-order valence-electron chi connectivity index (χ0n) is 7.92. The smallest absolute Gasteiger partial charge is 0.355 e. The maximum atomic E-state index is 11.3. The molecule has 0 saturated heterocycles. The van der Waals surface area contributed by atoms with E-state index in [1.165, 1.54) is 12.1 Å². The van der Waals surface area contributed by atoms with Crippen LogP contribution in [0, 0.1) is 0 Å². The van der Waals surface area contributed by atoms with Crippen molar-refractivity contribution >= 4 is 5.97 Å². The van der Waals surface area contributed by atoms with E-state index in [0.717, 1.165) is 0 Å². The van der Waals surface area contributed by atoms with Gasteiger partial charge in [-0.2, -0.15) is 0 Å². The second-order valence-corrected chi connectivity index (χ2v) is 3.76. The lowest BCUT2D eigenvalue weighted by Crippen LogP contribution is -2.24. The highest BCUT2D eigenvalue weighted by Gasteiger charge is 2.18. The molecule has 0 saturated carbocycles. The number of rotatable bonds is 1. The van der Waals surface area contributed by atoms with Gasteiger partial charge in [-0.15, -0.1) is 0 Å². The Kier molecular flexibility index (Phi) is 2.32. The average molecular weight is 183 g/mol. The molecule has 2 N–H and O–H groups in total. The first-order chi connectivity index (χ1) is 5.88. The molecule has 0 spiro atoms. The number of aromatic amines is 1. The first-order valence-corrected chi connectivity index (χ1v) is 4.00. The number of H-pyrrole nitrogens is 1. The van der Waals surface area contributed by atoms with Crippen LogP contribution in [-0.2, 0) is 4.74 Å². The number of carbonyl (C=O) groups excluding carboxylic acids is 1. The third-order valence-electron chi connectivity index (χ3n) is 1.29. The molecule has 1 heterocycles. The van der Waals surface area contributed by atoms with E-state index < -0.39 is 11.6 Å². The Morgan fingerprint density at radius 1 is 1.46 bits per heavy atom. The van der Waals surface area contributed by atoms with Gasteiger partial charge in [-0.1, -0.05) is 0 Å². The fraction of sp³-hybridized carbons (Fsp3) is 0.444. The van der Waals surface area contributed by atoms with Crippen molar-refractivity contribution in [2.24, 2.45) is 0 Å². The molecule has 0 radical (unpaired) electrons. The first kappa shape index (κ1) is 9.64. The summed E-state index contributed by atoms with van der Waals surface area (Å²) >= 11 is 0. The van der Waals surface area contributed by atoms with Gasteiger partial charge >= 0.3 is 5.97 Å². The number of hydrogen-bond donors (Lipinski definition) is 2. The van der Waals surface area contributed by atoms with Crippen LogP contribution in [-0.4, -0.2) is 21.7 Å². The minimum Gasteiger partial charge on any atom is -0.495 e. The summed E-state index contributed by atoms with van der Waals surface area (Å²) < 4.78 is 5.06. The molecule has 0 unspecified atom stereocenters. The monoisotopic (exact) mass is 183 g/mol. The summed E-state index contributed by atoms with van der Waals surface area (Å²) in [4.78, 5) is 13.8. The van der Waals surface area contributed by atoms with Crippen LogP contribution < -0.4 is 0 Å². The number of hydrogen-bond acceptors (Lipinski definition) is 3. The molecule has 0 amide bonds. The maximum absolute atomic E-state index is 11.3. The molecule has 0 aliphatic carbocycles. The minimum absolute atomic E-state index is 0.0409. The van der Waals surface area contributed by atoms with Gasteiger partial charge in [0.15, 0.2) is 5.88 Å². The number of carbonyl (C=O) groups is 1. The van der Waals surface area contributed by atoms with Gasteiger partial charge in [0.1, 0.15) is 11.3 Å². The van der Waals surface area contributed by atoms with Crippen LogP contribution >= 0.6 is 0 Å². The van der Waals surface area contributed by atoms with Crippen molar-refractivity contribution in [1.82, 2.24) is 4.98 Å². The molecule has 0 bridgehead atoms. The van der Waals surface area contributed by atoms with E-state index in [-0.39, 0.29) is 11.6 Å². The van der Waals surface area contributed by atoms with Crippen LogP contribution in [0.15, 0.2) is 12.1 Å². The zero-order chi connectivity index (χ0) is 10.1. The summed E-state index contributed by atoms with van der Waals surface area (Å²) in [6, 6.07) is 2.88. The average Bonchev–Trinajstić information content (AvgIpc) is 2.31. The van der Waals surface area contributed by atoms with Crippen LogP contribution in [0.4, 0.5) is 0 Å². The van der Waals surface area contributed by atoms with E-state index in [2.05, 4.69) is 4.98 Å². The molecule has 1 aromatic rings. The summed E-state index contributed by atoms with van der Waals surface area (Å²) in [6.45, 7) is 5.36. The van der Waals surface area contributed by atoms with Gasteiger partial charge in [-0.05, 0) is 26.8 Å². The molecule has 0 aromatic carbocycles. The van der Waals surface area contributed by atoms with Crippen LogP contribution in [0.25, 0.3) is 0 Å². The van der Waals surface area contributed by atoms with E-state index in [1.807, 2.05) is 0 Å². The number of esters is 1. The fourth-order valence-corrected chi connectivity index (χ4v) is 0.836. The summed E-state index contributed by atoms with van der Waals surface area (Å²) in [5.41, 5.74) is -0.259. The van der Waals surface area contributed by atoms with E-state index in [1.54, 1.807) is 20.8 Å². The Hall–Kier alpha value is -1.45. The third kappa shape index (κ3) is 2.82. The quantitative estimate of drug-likeness (QED) is 0.651. The highest BCUT2D eigenvalue weighted by Crippen LogP contribution is 2.13. The number of nitrogens with one attached hydrogen (secondary N) is 1. The van der Waals surface area contributed by atoms with E-state index in [9.17, 15) is 4.79 Å². The van der Waals surface area contributed by atoms with Crippen molar-refractivity contribution in [3.63, 3.8) is 0 Å². The molecule has 4 nitrogen and oxygen atoms in total. The van der Waals surface area contributed by atoms with Crippen molar-refractivity contribution in [2.75, 3.05) is 0 Å². The van der Waals surface area contributed by atoms with Crippen molar-refractivity contribution < 1.29 is 14.6 Å². The predicted molar refractivity (Wildman–Crippen MR) is 47.6 cm³/mol. The summed E-state index contributed by atoms with van der Waals surface area (Å²) in [7, 11) is 0. The largest absolute Gasteiger partial charge is 0.495 e. The summed E-state index contributed by atoms with van der Waals surface area (Å²) in [5.74, 6) is -0.506. The van der Waals surface area contributed by atoms with Gasteiger partial charge in [0.2, 0.25) is 0 Å². The lowest BCUT2D eigenvalue weighted by atomic mass is 10.2. The van der Waals surface area contributed by atoms with E-state index >= 15 is 0 Å².